The summed E-state index contributed by atoms with van der Waals surface area (Å²) in [4.78, 5) is 11.8. The first-order valence-corrected chi connectivity index (χ1v) is 5.37. The van der Waals surface area contributed by atoms with Crippen LogP contribution in [0.4, 0.5) is 0 Å². The van der Waals surface area contributed by atoms with Crippen LogP contribution in [-0.2, 0) is 19.0 Å². The van der Waals surface area contributed by atoms with Gasteiger partial charge in [0.1, 0.15) is 10.7 Å². The number of carbonyl (C=O) groups excluding carboxylic acids is 1. The summed E-state index contributed by atoms with van der Waals surface area (Å²) in [6.45, 7) is 4.25. The highest BCUT2D eigenvalue weighted by Crippen LogP contribution is 2.29. The molecule has 1 aliphatic heterocycles. The zero-order valence-corrected chi connectivity index (χ0v) is 9.35. The third-order valence-electron chi connectivity index (χ3n) is 1.72. The van der Waals surface area contributed by atoms with Crippen LogP contribution in [0, 0.1) is 0 Å². The first kappa shape index (κ1) is 11.4. The first-order valence-electron chi connectivity index (χ1n) is 4.39. The Bertz CT molecular complexity index is 249. The fourth-order valence-corrected chi connectivity index (χ4v) is 2.02. The second-order valence-corrected chi connectivity index (χ2v) is 3.72. The molecule has 0 aromatic carbocycles. The van der Waals surface area contributed by atoms with Gasteiger partial charge in [0.25, 0.3) is 0 Å². The van der Waals surface area contributed by atoms with Crippen molar-refractivity contribution < 1.29 is 19.0 Å². The predicted molar refractivity (Wildman–Crippen MR) is 53.7 cm³/mol. The Kier molecular flexibility index (Phi) is 4.28. The second kappa shape index (κ2) is 5.26. The number of ether oxygens (including phenoxy) is 3. The molecule has 1 atom stereocenters. The maximum atomic E-state index is 11.2. The molecule has 0 bridgehead atoms. The van der Waals surface area contributed by atoms with E-state index in [0.717, 1.165) is 0 Å². The summed E-state index contributed by atoms with van der Waals surface area (Å²) in [5.41, 5.74) is 0. The van der Waals surface area contributed by atoms with Gasteiger partial charge in [0.2, 0.25) is 6.29 Å². The van der Waals surface area contributed by atoms with E-state index >= 15 is 0 Å². The second-order valence-electron chi connectivity index (χ2n) is 2.69. The number of carbonyl (C=O) groups is 1. The van der Waals surface area contributed by atoms with E-state index < -0.39 is 0 Å². The Labute approximate surface area is 87.6 Å². The lowest BCUT2D eigenvalue weighted by Crippen LogP contribution is -2.25. The molecule has 0 aromatic rings. The van der Waals surface area contributed by atoms with E-state index in [1.54, 1.807) is 6.92 Å². The van der Waals surface area contributed by atoms with Gasteiger partial charge in [-0.25, -0.2) is 4.79 Å². The smallest absolute Gasteiger partial charge is 0.347 e. The Hall–Kier alpha value is -0.680. The minimum absolute atomic E-state index is 0.251. The van der Waals surface area contributed by atoms with E-state index in [1.165, 1.54) is 18.9 Å². The zero-order chi connectivity index (χ0) is 10.6. The first-order chi connectivity index (χ1) is 6.69. The van der Waals surface area contributed by atoms with Gasteiger partial charge < -0.3 is 14.2 Å². The maximum Gasteiger partial charge on any atom is 0.347 e. The van der Waals surface area contributed by atoms with Crippen LogP contribution in [-0.4, -0.2) is 31.7 Å². The molecular formula is C9H14O4S. The summed E-state index contributed by atoms with van der Waals surface area (Å²) in [6.07, 6.45) is -0.251. The fraction of sp³-hybridized carbons (Fsp3) is 0.667. The lowest BCUT2D eigenvalue weighted by atomic mass is 10.4. The molecule has 0 N–H and O–H groups in total. The molecule has 1 heterocycles. The molecule has 0 amide bonds. The van der Waals surface area contributed by atoms with Gasteiger partial charge in [0, 0.05) is 6.61 Å². The summed E-state index contributed by atoms with van der Waals surface area (Å²) in [7, 11) is 1.36. The summed E-state index contributed by atoms with van der Waals surface area (Å²) in [5.74, 6) is 0.851. The lowest BCUT2D eigenvalue weighted by Gasteiger charge is -2.24. The number of methoxy groups -OCH3 is 1. The molecule has 0 fully saturated rings. The third-order valence-corrected chi connectivity index (χ3v) is 2.90. The Morgan fingerprint density at radius 3 is 2.93 bits per heavy atom. The highest BCUT2D eigenvalue weighted by molar-refractivity contribution is 8.04. The van der Waals surface area contributed by atoms with Crippen molar-refractivity contribution in [2.24, 2.45) is 0 Å². The molecule has 1 rings (SSSR count). The van der Waals surface area contributed by atoms with E-state index in [9.17, 15) is 4.79 Å². The summed E-state index contributed by atoms with van der Waals surface area (Å²) >= 11 is 1.41. The molecule has 5 heteroatoms. The topological polar surface area (TPSA) is 44.8 Å². The van der Waals surface area contributed by atoms with E-state index in [2.05, 4.69) is 4.74 Å². The normalized spacial score (nSPS) is 21.8. The molecule has 0 saturated heterocycles. The Balaban J connectivity index is 2.62. The molecule has 0 spiro atoms. The van der Waals surface area contributed by atoms with Crippen LogP contribution in [0.5, 0.6) is 0 Å². The average Bonchev–Trinajstić information content (AvgIpc) is 2.17. The number of hydrogen-bond donors (Lipinski definition) is 0. The van der Waals surface area contributed by atoms with Crippen molar-refractivity contribution in [2.45, 2.75) is 20.1 Å². The average molecular weight is 218 g/mol. The lowest BCUT2D eigenvalue weighted by molar-refractivity contribution is -0.136. The van der Waals surface area contributed by atoms with Crippen LogP contribution in [0.2, 0.25) is 0 Å². The number of rotatable bonds is 3. The SMILES string of the molecule is CCOC1CSC(C(=O)OC)=C(C)O1. The van der Waals surface area contributed by atoms with Crippen LogP contribution in [0.25, 0.3) is 0 Å². The number of hydrogen-bond acceptors (Lipinski definition) is 5. The van der Waals surface area contributed by atoms with E-state index in [-0.39, 0.29) is 12.3 Å². The van der Waals surface area contributed by atoms with Crippen molar-refractivity contribution in [3.63, 3.8) is 0 Å². The molecule has 1 aliphatic rings. The van der Waals surface area contributed by atoms with E-state index in [0.29, 0.717) is 23.0 Å². The molecule has 0 aliphatic carbocycles. The minimum atomic E-state index is -0.345. The summed E-state index contributed by atoms with van der Waals surface area (Å²) < 4.78 is 15.3. The van der Waals surface area contributed by atoms with Crippen LogP contribution < -0.4 is 0 Å². The van der Waals surface area contributed by atoms with Gasteiger partial charge in [-0.05, 0) is 13.8 Å². The van der Waals surface area contributed by atoms with Gasteiger partial charge in [-0.2, -0.15) is 0 Å². The molecule has 4 nitrogen and oxygen atoms in total. The quantitative estimate of drug-likeness (QED) is 0.672. The molecule has 1 unspecified atom stereocenters. The maximum absolute atomic E-state index is 11.2. The predicted octanol–water partition coefficient (Wildman–Crippen LogP) is 1.52. The molecular weight excluding hydrogens is 204 g/mol. The monoisotopic (exact) mass is 218 g/mol. The number of thioether (sulfide) groups is 1. The van der Waals surface area contributed by atoms with Gasteiger partial charge in [-0.3, -0.25) is 0 Å². The van der Waals surface area contributed by atoms with Gasteiger partial charge >= 0.3 is 5.97 Å². The van der Waals surface area contributed by atoms with Crippen molar-refractivity contribution in [3.05, 3.63) is 10.7 Å². The molecule has 0 radical (unpaired) electrons. The fourth-order valence-electron chi connectivity index (χ4n) is 1.10. The summed E-state index contributed by atoms with van der Waals surface area (Å²) in [5, 5.41) is 0. The largest absolute Gasteiger partial charge is 0.467 e. The highest BCUT2D eigenvalue weighted by atomic mass is 32.2. The molecule has 0 aromatic heterocycles. The van der Waals surface area contributed by atoms with E-state index in [1.807, 2.05) is 6.92 Å². The van der Waals surface area contributed by atoms with E-state index in [4.69, 9.17) is 9.47 Å². The standard InChI is InChI=1S/C9H14O4S/c1-4-12-7-5-14-8(6(2)13-7)9(10)11-3/h7H,4-5H2,1-3H3. The van der Waals surface area contributed by atoms with Crippen molar-refractivity contribution in [3.8, 4) is 0 Å². The Morgan fingerprint density at radius 1 is 1.71 bits per heavy atom. The van der Waals surface area contributed by atoms with Crippen molar-refractivity contribution >= 4 is 17.7 Å². The zero-order valence-electron chi connectivity index (χ0n) is 8.53. The van der Waals surface area contributed by atoms with Crippen LogP contribution >= 0.6 is 11.8 Å². The highest BCUT2D eigenvalue weighted by Gasteiger charge is 2.25. The number of allylic oxidation sites excluding steroid dienone is 1. The van der Waals surface area contributed by atoms with Gasteiger partial charge in [0.15, 0.2) is 0 Å². The Morgan fingerprint density at radius 2 is 2.43 bits per heavy atom. The van der Waals surface area contributed by atoms with Crippen LogP contribution in [0.3, 0.4) is 0 Å². The summed E-state index contributed by atoms with van der Waals surface area (Å²) in [6, 6.07) is 0. The number of esters is 1. The van der Waals surface area contributed by atoms with Gasteiger partial charge in [-0.15, -0.1) is 11.8 Å². The van der Waals surface area contributed by atoms with Crippen LogP contribution in [0.15, 0.2) is 10.7 Å². The van der Waals surface area contributed by atoms with Crippen molar-refractivity contribution in [2.75, 3.05) is 19.5 Å². The molecule has 80 valence electrons. The third kappa shape index (κ3) is 2.65. The van der Waals surface area contributed by atoms with Gasteiger partial charge in [0.05, 0.1) is 12.9 Å². The minimum Gasteiger partial charge on any atom is -0.467 e. The molecule has 0 saturated carbocycles. The van der Waals surface area contributed by atoms with Gasteiger partial charge in [-0.1, -0.05) is 0 Å². The van der Waals surface area contributed by atoms with Crippen LogP contribution in [0.1, 0.15) is 13.8 Å². The molecule has 14 heavy (non-hydrogen) atoms. The van der Waals surface area contributed by atoms with Crippen molar-refractivity contribution in [1.29, 1.82) is 0 Å². The van der Waals surface area contributed by atoms with Crippen molar-refractivity contribution in [1.82, 2.24) is 0 Å².